The van der Waals surface area contributed by atoms with Crippen molar-refractivity contribution in [2.24, 2.45) is 10.8 Å². The fourth-order valence-corrected chi connectivity index (χ4v) is 3.57. The van der Waals surface area contributed by atoms with Crippen molar-refractivity contribution in [2.75, 3.05) is 20.6 Å². The van der Waals surface area contributed by atoms with Gasteiger partial charge in [0.15, 0.2) is 0 Å². The molecule has 0 aromatic heterocycles. The average Bonchev–Trinajstić information content (AvgIpc) is 2.96. The third-order valence-corrected chi connectivity index (χ3v) is 6.27. The molecular weight excluding hydrogens is 385 g/mol. The van der Waals surface area contributed by atoms with Crippen LogP contribution in [0.25, 0.3) is 0 Å². The molecule has 1 aliphatic rings. The predicted molar refractivity (Wildman–Crippen MR) is 98.9 cm³/mol. The molecule has 1 nitrogen and oxygen atoms in total. The van der Waals surface area contributed by atoms with E-state index in [1.54, 1.807) is 16.7 Å². The topological polar surface area (TPSA) is 3.24 Å². The van der Waals surface area contributed by atoms with Crippen molar-refractivity contribution in [1.82, 2.24) is 4.90 Å². The van der Waals surface area contributed by atoms with Gasteiger partial charge in [-0.25, -0.2) is 5.57 Å². The molecule has 0 unspecified atom stereocenters. The van der Waals surface area contributed by atoms with Crippen LogP contribution in [0.15, 0.2) is 16.7 Å². The second-order valence-corrected chi connectivity index (χ2v) is 7.80. The Morgan fingerprint density at radius 2 is 1.32 bits per heavy atom. The number of halogens is 2. The zero-order valence-corrected chi connectivity index (χ0v) is 20.7. The van der Waals surface area contributed by atoms with E-state index >= 15 is 0 Å². The summed E-state index contributed by atoms with van der Waals surface area (Å²) in [4.78, 5) is 2.30. The van der Waals surface area contributed by atoms with Gasteiger partial charge in [0, 0.05) is 0 Å². The minimum atomic E-state index is 0. The summed E-state index contributed by atoms with van der Waals surface area (Å²) in [7, 11) is 4.35. The second kappa shape index (κ2) is 13.0. The number of hydrogen-bond donors (Lipinski definition) is 0. The fraction of sp³-hybridized carbons (Fsp3) is 0.810. The van der Waals surface area contributed by atoms with Crippen LogP contribution in [0.4, 0.5) is 0 Å². The van der Waals surface area contributed by atoms with Gasteiger partial charge in [-0.05, 0) is 45.3 Å². The molecule has 145 valence electrons. The van der Waals surface area contributed by atoms with Gasteiger partial charge in [-0.1, -0.05) is 59.8 Å². The molecule has 0 spiro atoms. The van der Waals surface area contributed by atoms with Crippen molar-refractivity contribution in [2.45, 2.75) is 80.1 Å². The van der Waals surface area contributed by atoms with Gasteiger partial charge in [0.05, 0.1) is 0 Å². The standard InChI is InChI=1S/C21H38N.2ClH.Ti/c1-9-20(5,10-2)18-14-13-17(15-16-22(7)8)19(18)21(6,11-3)12-4;;;/h9-13,15-16H2,1-8H3;2*1H;/q-1;;;+3/p-2. The molecule has 4 heteroatoms. The van der Waals surface area contributed by atoms with Crippen LogP contribution in [0.2, 0.25) is 0 Å². The van der Waals surface area contributed by atoms with Gasteiger partial charge in [-0.2, -0.15) is 11.1 Å². The molecule has 0 saturated carbocycles. The summed E-state index contributed by atoms with van der Waals surface area (Å²) in [5.41, 5.74) is 5.48. The van der Waals surface area contributed by atoms with Gasteiger partial charge in [0.2, 0.25) is 0 Å². The van der Waals surface area contributed by atoms with Gasteiger partial charge >= 0.3 is 21.7 Å². The first-order valence-corrected chi connectivity index (χ1v) is 9.26. The van der Waals surface area contributed by atoms with E-state index in [0.29, 0.717) is 10.8 Å². The summed E-state index contributed by atoms with van der Waals surface area (Å²) < 4.78 is 0. The van der Waals surface area contributed by atoms with Crippen molar-refractivity contribution in [1.29, 1.82) is 0 Å². The molecule has 1 aliphatic carbocycles. The molecule has 0 fully saturated rings. The third-order valence-electron chi connectivity index (χ3n) is 6.27. The minimum absolute atomic E-state index is 0. The summed E-state index contributed by atoms with van der Waals surface area (Å²) in [5.74, 6) is 0. The average molecular weight is 423 g/mol. The van der Waals surface area contributed by atoms with Gasteiger partial charge in [-0.15, -0.1) is 6.42 Å². The summed E-state index contributed by atoms with van der Waals surface area (Å²) in [6.45, 7) is 15.4. The number of nitrogens with zero attached hydrogens (tertiary/aromatic N) is 1. The molecule has 0 aromatic rings. The molecule has 0 bridgehead atoms. The predicted octanol–water partition coefficient (Wildman–Crippen LogP) is 0.0261. The van der Waals surface area contributed by atoms with Crippen LogP contribution >= 0.6 is 0 Å². The maximum atomic E-state index is 3.82. The molecule has 0 amide bonds. The van der Waals surface area contributed by atoms with Crippen LogP contribution in [0.3, 0.4) is 0 Å². The van der Waals surface area contributed by atoms with Gasteiger partial charge in [0.1, 0.15) is 0 Å². The van der Waals surface area contributed by atoms with Crippen LogP contribution in [-0.2, 0) is 21.7 Å². The van der Waals surface area contributed by atoms with E-state index in [1.165, 1.54) is 32.1 Å². The molecule has 0 heterocycles. The van der Waals surface area contributed by atoms with Crippen LogP contribution in [0.1, 0.15) is 80.1 Å². The van der Waals surface area contributed by atoms with Crippen LogP contribution in [0, 0.1) is 16.9 Å². The Hall–Kier alpha value is 0.734. The van der Waals surface area contributed by atoms with E-state index in [-0.39, 0.29) is 46.5 Å². The Morgan fingerprint density at radius 3 is 1.68 bits per heavy atom. The number of hydrogen-bond acceptors (Lipinski definition) is 1. The van der Waals surface area contributed by atoms with Crippen LogP contribution < -0.4 is 24.8 Å². The Kier molecular flexibility index (Phi) is 15.8. The quantitative estimate of drug-likeness (QED) is 0.374. The summed E-state index contributed by atoms with van der Waals surface area (Å²) in [6.07, 6.45) is 10.9. The number of rotatable bonds is 9. The zero-order chi connectivity index (χ0) is 17.0. The first kappa shape index (κ1) is 30.5. The van der Waals surface area contributed by atoms with E-state index < -0.39 is 0 Å². The van der Waals surface area contributed by atoms with Crippen LogP contribution in [-0.4, -0.2) is 25.5 Å². The molecular formula is C21H38Cl2NTi. The van der Waals surface area contributed by atoms with Crippen molar-refractivity contribution >= 4 is 0 Å². The second-order valence-electron chi connectivity index (χ2n) is 7.80. The molecule has 1 radical (unpaired) electrons. The summed E-state index contributed by atoms with van der Waals surface area (Å²) in [5, 5.41) is 0. The molecule has 0 N–H and O–H groups in total. The zero-order valence-electron chi connectivity index (χ0n) is 17.7. The van der Waals surface area contributed by atoms with E-state index in [9.17, 15) is 0 Å². The Bertz CT molecular complexity index is 433. The Balaban J connectivity index is -0.00000161. The maximum absolute atomic E-state index is 3.82. The molecule has 0 aliphatic heterocycles. The Labute approximate surface area is 185 Å². The molecule has 0 saturated heterocycles. The summed E-state index contributed by atoms with van der Waals surface area (Å²) >= 11 is 0. The summed E-state index contributed by atoms with van der Waals surface area (Å²) in [6, 6.07) is 0. The minimum Gasteiger partial charge on any atom is -1.00 e. The monoisotopic (exact) mass is 422 g/mol. The van der Waals surface area contributed by atoms with E-state index in [1.807, 2.05) is 0 Å². The number of allylic oxidation sites excluding steroid dienone is 3. The van der Waals surface area contributed by atoms with E-state index in [2.05, 4.69) is 66.6 Å². The smallest absolute Gasteiger partial charge is 1.00 e. The first-order valence-electron chi connectivity index (χ1n) is 9.26. The third kappa shape index (κ3) is 7.00. The largest absolute Gasteiger partial charge is 3.00 e. The van der Waals surface area contributed by atoms with E-state index in [0.717, 1.165) is 13.0 Å². The van der Waals surface area contributed by atoms with Gasteiger partial charge in [0.25, 0.3) is 0 Å². The molecule has 25 heavy (non-hydrogen) atoms. The maximum Gasteiger partial charge on any atom is 3.00 e. The molecule has 0 aromatic carbocycles. The van der Waals surface area contributed by atoms with Crippen molar-refractivity contribution in [3.8, 4) is 0 Å². The van der Waals surface area contributed by atoms with Gasteiger partial charge < -0.3 is 29.7 Å². The molecule has 0 atom stereocenters. The van der Waals surface area contributed by atoms with Crippen LogP contribution in [0.5, 0.6) is 0 Å². The van der Waals surface area contributed by atoms with E-state index in [4.69, 9.17) is 0 Å². The van der Waals surface area contributed by atoms with Crippen molar-refractivity contribution in [3.63, 3.8) is 0 Å². The Morgan fingerprint density at radius 1 is 0.880 bits per heavy atom. The normalized spacial score (nSPS) is 14.7. The van der Waals surface area contributed by atoms with Crippen molar-refractivity contribution in [3.05, 3.63) is 22.8 Å². The van der Waals surface area contributed by atoms with Gasteiger partial charge in [-0.3, -0.25) is 6.08 Å². The molecule has 1 rings (SSSR count). The first-order chi connectivity index (χ1) is 10.3. The SMILES string of the molecule is CCC(C)(CC)C1=[C-]CC(CCN(C)C)=C1C(C)(CC)CC.[Cl-].[Cl-].[Ti+3]. The van der Waals surface area contributed by atoms with Crippen molar-refractivity contribution < 1.29 is 46.5 Å². The fourth-order valence-electron chi connectivity index (χ4n) is 3.57.